The van der Waals surface area contributed by atoms with Crippen LogP contribution in [0.4, 0.5) is 0 Å². The van der Waals surface area contributed by atoms with Gasteiger partial charge in [0.15, 0.2) is 6.61 Å². The van der Waals surface area contributed by atoms with Gasteiger partial charge < -0.3 is 10.1 Å². The predicted octanol–water partition coefficient (Wildman–Crippen LogP) is 3.42. The SMILES string of the molecule is C[C@@H]1CCCC[C@H]1NC(=O)COC(=O)c1ccc2c(c1)CCCC2. The van der Waals surface area contributed by atoms with Crippen LogP contribution in [0.2, 0.25) is 0 Å². The van der Waals surface area contributed by atoms with Crippen molar-refractivity contribution in [2.45, 2.75) is 64.3 Å². The fraction of sp³-hybridized carbons (Fsp3) is 0.600. The van der Waals surface area contributed by atoms with E-state index in [1.54, 1.807) is 0 Å². The Hall–Kier alpha value is -1.84. The quantitative estimate of drug-likeness (QED) is 0.861. The summed E-state index contributed by atoms with van der Waals surface area (Å²) in [5.41, 5.74) is 3.13. The van der Waals surface area contributed by atoms with Gasteiger partial charge in [0.2, 0.25) is 0 Å². The summed E-state index contributed by atoms with van der Waals surface area (Å²) in [5, 5.41) is 3.01. The molecule has 0 saturated heterocycles. The van der Waals surface area contributed by atoms with E-state index in [0.717, 1.165) is 32.1 Å². The van der Waals surface area contributed by atoms with Gasteiger partial charge in [0, 0.05) is 6.04 Å². The van der Waals surface area contributed by atoms with E-state index in [1.165, 1.54) is 30.4 Å². The van der Waals surface area contributed by atoms with Crippen LogP contribution < -0.4 is 5.32 Å². The van der Waals surface area contributed by atoms with Crippen LogP contribution in [0, 0.1) is 5.92 Å². The molecule has 1 aromatic rings. The Labute approximate surface area is 144 Å². The zero-order valence-electron chi connectivity index (χ0n) is 14.5. The van der Waals surface area contributed by atoms with E-state index in [4.69, 9.17) is 4.74 Å². The highest BCUT2D eigenvalue weighted by molar-refractivity contribution is 5.91. The third-order valence-corrected chi connectivity index (χ3v) is 5.38. The molecule has 0 aliphatic heterocycles. The second-order valence-electron chi connectivity index (χ2n) is 7.20. The van der Waals surface area contributed by atoms with Crippen LogP contribution >= 0.6 is 0 Å². The van der Waals surface area contributed by atoms with Crippen molar-refractivity contribution < 1.29 is 14.3 Å². The van der Waals surface area contributed by atoms with Crippen molar-refractivity contribution in [3.63, 3.8) is 0 Å². The first kappa shape index (κ1) is 17.0. The van der Waals surface area contributed by atoms with Crippen LogP contribution in [-0.2, 0) is 22.4 Å². The number of aryl methyl sites for hydroxylation is 2. The summed E-state index contributed by atoms with van der Waals surface area (Å²) >= 11 is 0. The molecule has 130 valence electrons. The van der Waals surface area contributed by atoms with Gasteiger partial charge in [0.25, 0.3) is 5.91 Å². The van der Waals surface area contributed by atoms with Crippen LogP contribution in [0.1, 0.15) is 66.9 Å². The maximum Gasteiger partial charge on any atom is 0.338 e. The summed E-state index contributed by atoms with van der Waals surface area (Å²) in [5.74, 6) is -0.102. The van der Waals surface area contributed by atoms with Crippen molar-refractivity contribution in [1.29, 1.82) is 0 Å². The molecule has 1 N–H and O–H groups in total. The highest BCUT2D eigenvalue weighted by Gasteiger charge is 2.23. The van der Waals surface area contributed by atoms with E-state index in [-0.39, 0.29) is 18.6 Å². The topological polar surface area (TPSA) is 55.4 Å². The minimum atomic E-state index is -0.407. The van der Waals surface area contributed by atoms with Crippen LogP contribution in [0.25, 0.3) is 0 Å². The predicted molar refractivity (Wildman–Crippen MR) is 92.9 cm³/mol. The molecule has 0 spiro atoms. The van der Waals surface area contributed by atoms with E-state index in [0.29, 0.717) is 11.5 Å². The zero-order chi connectivity index (χ0) is 16.9. The summed E-state index contributed by atoms with van der Waals surface area (Å²) in [6.45, 7) is 1.97. The first-order valence-corrected chi connectivity index (χ1v) is 9.22. The Morgan fingerprint density at radius 2 is 1.83 bits per heavy atom. The lowest BCUT2D eigenvalue weighted by atomic mass is 9.86. The number of rotatable bonds is 4. The van der Waals surface area contributed by atoms with Crippen molar-refractivity contribution in [1.82, 2.24) is 5.32 Å². The lowest BCUT2D eigenvalue weighted by Crippen LogP contribution is -2.42. The lowest BCUT2D eigenvalue weighted by molar-refractivity contribution is -0.125. The van der Waals surface area contributed by atoms with Crippen molar-refractivity contribution in [3.8, 4) is 0 Å². The number of carbonyl (C=O) groups excluding carboxylic acids is 2. The van der Waals surface area contributed by atoms with Gasteiger partial charge in [-0.05, 0) is 67.7 Å². The molecular formula is C20H27NO3. The standard InChI is InChI=1S/C20H27NO3/c1-14-6-2-5-9-18(14)21-19(22)13-24-20(23)17-11-10-15-7-3-4-8-16(15)12-17/h10-12,14,18H,2-9,13H2,1H3,(H,21,22)/t14-,18-/m1/s1. The Kier molecular flexibility index (Phi) is 5.54. The molecule has 0 heterocycles. The molecule has 2 aliphatic carbocycles. The lowest BCUT2D eigenvalue weighted by Gasteiger charge is -2.29. The average molecular weight is 329 g/mol. The van der Waals surface area contributed by atoms with E-state index < -0.39 is 5.97 Å². The summed E-state index contributed by atoms with van der Waals surface area (Å²) in [6.07, 6.45) is 9.07. The second kappa shape index (κ2) is 7.82. The molecule has 24 heavy (non-hydrogen) atoms. The molecule has 2 aliphatic rings. The number of hydrogen-bond donors (Lipinski definition) is 1. The molecule has 0 unspecified atom stereocenters. The molecule has 4 nitrogen and oxygen atoms in total. The third-order valence-electron chi connectivity index (χ3n) is 5.38. The Balaban J connectivity index is 1.50. The van der Waals surface area contributed by atoms with Gasteiger partial charge in [-0.15, -0.1) is 0 Å². The van der Waals surface area contributed by atoms with E-state index in [9.17, 15) is 9.59 Å². The summed E-state index contributed by atoms with van der Waals surface area (Å²) in [6, 6.07) is 5.98. The number of carbonyl (C=O) groups is 2. The van der Waals surface area contributed by atoms with Crippen molar-refractivity contribution in [3.05, 3.63) is 34.9 Å². The fourth-order valence-corrected chi connectivity index (χ4v) is 3.85. The largest absolute Gasteiger partial charge is 0.452 e. The third kappa shape index (κ3) is 4.16. The smallest absolute Gasteiger partial charge is 0.338 e. The van der Waals surface area contributed by atoms with Crippen molar-refractivity contribution >= 4 is 11.9 Å². The molecule has 0 aromatic heterocycles. The average Bonchev–Trinajstić information content (AvgIpc) is 2.61. The zero-order valence-corrected chi connectivity index (χ0v) is 14.5. The monoisotopic (exact) mass is 329 g/mol. The van der Waals surface area contributed by atoms with E-state index in [2.05, 4.69) is 12.2 Å². The maximum absolute atomic E-state index is 12.2. The molecule has 3 rings (SSSR count). The molecule has 1 amide bonds. The summed E-state index contributed by atoms with van der Waals surface area (Å²) in [7, 11) is 0. The minimum Gasteiger partial charge on any atom is -0.452 e. The molecule has 1 fully saturated rings. The van der Waals surface area contributed by atoms with Crippen LogP contribution in [0.15, 0.2) is 18.2 Å². The van der Waals surface area contributed by atoms with Crippen LogP contribution in [0.3, 0.4) is 0 Å². The Morgan fingerprint density at radius 1 is 1.08 bits per heavy atom. The normalized spacial score (nSPS) is 23.2. The minimum absolute atomic E-state index is 0.194. The van der Waals surface area contributed by atoms with Gasteiger partial charge in [-0.2, -0.15) is 0 Å². The molecule has 0 bridgehead atoms. The number of fused-ring (bicyclic) bond motifs is 1. The molecule has 4 heteroatoms. The van der Waals surface area contributed by atoms with Gasteiger partial charge in [0.1, 0.15) is 0 Å². The number of amides is 1. The first-order valence-electron chi connectivity index (χ1n) is 9.22. The van der Waals surface area contributed by atoms with E-state index >= 15 is 0 Å². The van der Waals surface area contributed by atoms with Crippen LogP contribution in [-0.4, -0.2) is 24.5 Å². The highest BCUT2D eigenvalue weighted by Crippen LogP contribution is 2.24. The maximum atomic E-state index is 12.2. The molecule has 0 radical (unpaired) electrons. The number of esters is 1. The second-order valence-corrected chi connectivity index (χ2v) is 7.20. The summed E-state index contributed by atoms with van der Waals surface area (Å²) < 4.78 is 5.21. The molecule has 1 saturated carbocycles. The first-order chi connectivity index (χ1) is 11.6. The number of hydrogen-bond acceptors (Lipinski definition) is 3. The highest BCUT2D eigenvalue weighted by atomic mass is 16.5. The van der Waals surface area contributed by atoms with Gasteiger partial charge in [0.05, 0.1) is 5.56 Å². The number of nitrogens with one attached hydrogen (secondary N) is 1. The molecular weight excluding hydrogens is 302 g/mol. The molecule has 2 atom stereocenters. The van der Waals surface area contributed by atoms with E-state index in [1.807, 2.05) is 18.2 Å². The van der Waals surface area contributed by atoms with Crippen LogP contribution in [0.5, 0.6) is 0 Å². The Bertz CT molecular complexity index is 611. The van der Waals surface area contributed by atoms with Crippen molar-refractivity contribution in [2.75, 3.05) is 6.61 Å². The fourth-order valence-electron chi connectivity index (χ4n) is 3.85. The molecule has 1 aromatic carbocycles. The number of ether oxygens (including phenoxy) is 1. The van der Waals surface area contributed by atoms with Gasteiger partial charge in [-0.3, -0.25) is 4.79 Å². The van der Waals surface area contributed by atoms with Gasteiger partial charge in [-0.25, -0.2) is 4.79 Å². The van der Waals surface area contributed by atoms with Crippen molar-refractivity contribution in [2.24, 2.45) is 5.92 Å². The van der Waals surface area contributed by atoms with Gasteiger partial charge >= 0.3 is 5.97 Å². The summed E-state index contributed by atoms with van der Waals surface area (Å²) in [4.78, 5) is 24.2. The number of benzene rings is 1. The Morgan fingerprint density at radius 3 is 2.62 bits per heavy atom. The van der Waals surface area contributed by atoms with Gasteiger partial charge in [-0.1, -0.05) is 25.8 Å².